The van der Waals surface area contributed by atoms with Gasteiger partial charge in [0.1, 0.15) is 0 Å². The molecule has 16 heavy (non-hydrogen) atoms. The summed E-state index contributed by atoms with van der Waals surface area (Å²) in [5.41, 5.74) is 1.17. The molecule has 0 bridgehead atoms. The van der Waals surface area contributed by atoms with Crippen LogP contribution in [0.5, 0.6) is 0 Å². The van der Waals surface area contributed by atoms with Gasteiger partial charge >= 0.3 is 0 Å². The summed E-state index contributed by atoms with van der Waals surface area (Å²) in [5, 5.41) is 5.74. The van der Waals surface area contributed by atoms with Crippen LogP contribution in [0.15, 0.2) is 11.4 Å². The number of hydrogen-bond donors (Lipinski definition) is 1. The Morgan fingerprint density at radius 3 is 2.56 bits per heavy atom. The van der Waals surface area contributed by atoms with Crippen molar-refractivity contribution >= 4 is 11.3 Å². The summed E-state index contributed by atoms with van der Waals surface area (Å²) < 4.78 is 5.85. The Kier molecular flexibility index (Phi) is 4.96. The molecule has 1 N–H and O–H groups in total. The van der Waals surface area contributed by atoms with Crippen molar-refractivity contribution in [2.75, 3.05) is 13.2 Å². The molecule has 1 heterocycles. The minimum atomic E-state index is -0.168. The molecule has 3 heteroatoms. The first-order chi connectivity index (χ1) is 7.51. The third kappa shape index (κ3) is 3.30. The maximum Gasteiger partial charge on any atom is 0.0820 e. The molecule has 1 aromatic rings. The molecule has 0 aromatic carbocycles. The topological polar surface area (TPSA) is 21.3 Å². The smallest absolute Gasteiger partial charge is 0.0820 e. The molecule has 0 spiro atoms. The molecule has 0 fully saturated rings. The van der Waals surface area contributed by atoms with Gasteiger partial charge in [0.15, 0.2) is 0 Å². The fraction of sp³-hybridized carbons (Fsp3) is 0.692. The van der Waals surface area contributed by atoms with E-state index in [-0.39, 0.29) is 11.6 Å². The number of hydrogen-bond acceptors (Lipinski definition) is 3. The van der Waals surface area contributed by atoms with Crippen LogP contribution in [-0.4, -0.2) is 18.8 Å². The first-order valence-electron chi connectivity index (χ1n) is 5.93. The summed E-state index contributed by atoms with van der Waals surface area (Å²) in [6, 6.07) is 2.51. The van der Waals surface area contributed by atoms with Crippen LogP contribution in [0.4, 0.5) is 0 Å². The Morgan fingerprint density at radius 1 is 1.44 bits per heavy atom. The maximum absolute atomic E-state index is 5.85. The van der Waals surface area contributed by atoms with E-state index in [1.54, 1.807) is 11.3 Å². The molecule has 1 atom stereocenters. The summed E-state index contributed by atoms with van der Waals surface area (Å²) in [5.74, 6) is 0. The first-order valence-corrected chi connectivity index (χ1v) is 6.81. The second kappa shape index (κ2) is 5.80. The standard InChI is InChI=1S/C13H23NOS/c1-6-14-12(13(4,5)15-7-2)11-8-10(3)16-9-11/h8-9,12,14H,6-7H2,1-5H3. The van der Waals surface area contributed by atoms with Crippen LogP contribution in [0.3, 0.4) is 0 Å². The fourth-order valence-electron chi connectivity index (χ4n) is 2.04. The Hall–Kier alpha value is -0.380. The van der Waals surface area contributed by atoms with Crippen molar-refractivity contribution in [2.45, 2.75) is 46.3 Å². The second-order valence-electron chi connectivity index (χ2n) is 4.52. The van der Waals surface area contributed by atoms with Crippen LogP contribution in [0, 0.1) is 6.92 Å². The fourth-order valence-corrected chi connectivity index (χ4v) is 2.77. The molecular formula is C13H23NOS. The highest BCUT2D eigenvalue weighted by molar-refractivity contribution is 7.10. The highest BCUT2D eigenvalue weighted by Crippen LogP contribution is 2.31. The van der Waals surface area contributed by atoms with Gasteiger partial charge in [0.05, 0.1) is 11.6 Å². The van der Waals surface area contributed by atoms with Crippen LogP contribution in [-0.2, 0) is 4.74 Å². The second-order valence-corrected chi connectivity index (χ2v) is 5.63. The Morgan fingerprint density at radius 2 is 2.12 bits per heavy atom. The van der Waals surface area contributed by atoms with Gasteiger partial charge in [0, 0.05) is 11.5 Å². The number of aryl methyl sites for hydroxylation is 1. The molecule has 0 aliphatic rings. The molecule has 0 amide bonds. The van der Waals surface area contributed by atoms with Gasteiger partial charge in [-0.2, -0.15) is 0 Å². The molecule has 0 radical (unpaired) electrons. The van der Waals surface area contributed by atoms with Gasteiger partial charge in [-0.3, -0.25) is 0 Å². The molecular weight excluding hydrogens is 218 g/mol. The lowest BCUT2D eigenvalue weighted by molar-refractivity contribution is -0.0387. The average Bonchev–Trinajstić information content (AvgIpc) is 2.60. The van der Waals surface area contributed by atoms with E-state index in [1.165, 1.54) is 10.4 Å². The zero-order chi connectivity index (χ0) is 12.2. The largest absolute Gasteiger partial charge is 0.374 e. The van der Waals surface area contributed by atoms with Crippen molar-refractivity contribution in [1.29, 1.82) is 0 Å². The van der Waals surface area contributed by atoms with E-state index in [0.717, 1.165) is 13.2 Å². The van der Waals surface area contributed by atoms with E-state index < -0.39 is 0 Å². The lowest BCUT2D eigenvalue weighted by atomic mass is 9.93. The van der Waals surface area contributed by atoms with E-state index in [9.17, 15) is 0 Å². The summed E-state index contributed by atoms with van der Waals surface area (Å²) in [4.78, 5) is 1.35. The normalized spacial score (nSPS) is 14.1. The lowest BCUT2D eigenvalue weighted by Gasteiger charge is -2.34. The van der Waals surface area contributed by atoms with Gasteiger partial charge in [-0.05, 0) is 51.2 Å². The minimum absolute atomic E-state index is 0.168. The van der Waals surface area contributed by atoms with Crippen LogP contribution in [0.25, 0.3) is 0 Å². The number of nitrogens with one attached hydrogen (secondary N) is 1. The summed E-state index contributed by atoms with van der Waals surface area (Å²) in [6.07, 6.45) is 0. The monoisotopic (exact) mass is 241 g/mol. The molecule has 0 aliphatic heterocycles. The summed E-state index contributed by atoms with van der Waals surface area (Å²) in [7, 11) is 0. The Bertz CT molecular complexity index is 319. The quantitative estimate of drug-likeness (QED) is 0.822. The lowest BCUT2D eigenvalue weighted by Crippen LogP contribution is -2.41. The maximum atomic E-state index is 5.85. The highest BCUT2D eigenvalue weighted by Gasteiger charge is 2.31. The zero-order valence-electron chi connectivity index (χ0n) is 11.0. The van der Waals surface area contributed by atoms with Gasteiger partial charge in [-0.1, -0.05) is 6.92 Å². The number of likely N-dealkylation sites (N-methyl/N-ethyl adjacent to an activating group) is 1. The van der Waals surface area contributed by atoms with Crippen molar-refractivity contribution in [3.63, 3.8) is 0 Å². The molecule has 92 valence electrons. The summed E-state index contributed by atoms with van der Waals surface area (Å²) >= 11 is 1.80. The molecule has 1 rings (SSSR count). The van der Waals surface area contributed by atoms with Gasteiger partial charge in [-0.25, -0.2) is 0 Å². The molecule has 1 aromatic heterocycles. The predicted molar refractivity (Wildman–Crippen MR) is 71.2 cm³/mol. The van der Waals surface area contributed by atoms with Crippen molar-refractivity contribution in [3.8, 4) is 0 Å². The Labute approximate surface area is 103 Å². The molecule has 0 saturated carbocycles. The third-order valence-corrected chi connectivity index (χ3v) is 3.58. The van der Waals surface area contributed by atoms with Gasteiger partial charge < -0.3 is 10.1 Å². The minimum Gasteiger partial charge on any atom is -0.374 e. The van der Waals surface area contributed by atoms with E-state index in [1.807, 2.05) is 6.92 Å². The Balaban J connectivity index is 2.89. The van der Waals surface area contributed by atoms with Crippen LogP contribution in [0.2, 0.25) is 0 Å². The number of ether oxygens (including phenoxy) is 1. The van der Waals surface area contributed by atoms with Gasteiger partial charge in [0.25, 0.3) is 0 Å². The molecule has 0 aliphatic carbocycles. The molecule has 2 nitrogen and oxygen atoms in total. The predicted octanol–water partition coefficient (Wildman–Crippen LogP) is 3.52. The zero-order valence-corrected chi connectivity index (χ0v) is 11.8. The van der Waals surface area contributed by atoms with E-state index >= 15 is 0 Å². The van der Waals surface area contributed by atoms with Crippen LogP contribution >= 0.6 is 11.3 Å². The van der Waals surface area contributed by atoms with Crippen LogP contribution < -0.4 is 5.32 Å². The number of rotatable bonds is 6. The highest BCUT2D eigenvalue weighted by atomic mass is 32.1. The SMILES string of the molecule is CCNC(c1csc(C)c1)C(C)(C)OCC. The van der Waals surface area contributed by atoms with Crippen molar-refractivity contribution < 1.29 is 4.74 Å². The van der Waals surface area contributed by atoms with Crippen molar-refractivity contribution in [2.24, 2.45) is 0 Å². The third-order valence-electron chi connectivity index (χ3n) is 2.70. The van der Waals surface area contributed by atoms with E-state index in [0.29, 0.717) is 0 Å². The molecule has 0 saturated heterocycles. The average molecular weight is 241 g/mol. The summed E-state index contributed by atoms with van der Waals surface area (Å²) in [6.45, 7) is 12.3. The van der Waals surface area contributed by atoms with Gasteiger partial charge in [0.2, 0.25) is 0 Å². The van der Waals surface area contributed by atoms with Gasteiger partial charge in [-0.15, -0.1) is 11.3 Å². The van der Waals surface area contributed by atoms with E-state index in [4.69, 9.17) is 4.74 Å². The van der Waals surface area contributed by atoms with Crippen molar-refractivity contribution in [1.82, 2.24) is 5.32 Å². The van der Waals surface area contributed by atoms with Crippen molar-refractivity contribution in [3.05, 3.63) is 21.9 Å². The first kappa shape index (κ1) is 13.7. The van der Waals surface area contributed by atoms with Crippen LogP contribution in [0.1, 0.15) is 44.2 Å². The van der Waals surface area contributed by atoms with E-state index in [2.05, 4.69) is 44.5 Å². The molecule has 1 unspecified atom stereocenters. The number of thiophene rings is 1.